The largest absolute Gasteiger partial charge is 0.300 e. The quantitative estimate of drug-likeness (QED) is 0.477. The van der Waals surface area contributed by atoms with Gasteiger partial charge in [0.1, 0.15) is 5.78 Å². The summed E-state index contributed by atoms with van der Waals surface area (Å²) >= 11 is 0. The zero-order chi connectivity index (χ0) is 20.5. The maximum atomic E-state index is 12.3. The number of ketones is 1. The average Bonchev–Trinajstić information content (AvgIpc) is 3.00. The number of hydrogen-bond acceptors (Lipinski definition) is 1. The summed E-state index contributed by atoms with van der Waals surface area (Å²) in [7, 11) is 0. The van der Waals surface area contributed by atoms with Gasteiger partial charge in [-0.1, -0.05) is 53.9 Å². The topological polar surface area (TPSA) is 17.1 Å². The van der Waals surface area contributed by atoms with E-state index >= 15 is 0 Å². The molecule has 0 aromatic rings. The zero-order valence-electron chi connectivity index (χ0n) is 19.9. The molecule has 4 aliphatic carbocycles. The summed E-state index contributed by atoms with van der Waals surface area (Å²) in [5.41, 5.74) is 0.943. The smallest absolute Gasteiger partial charge is 0.133 e. The van der Waals surface area contributed by atoms with Crippen LogP contribution in [0.4, 0.5) is 0 Å². The van der Waals surface area contributed by atoms with Crippen molar-refractivity contribution in [3.8, 4) is 0 Å². The van der Waals surface area contributed by atoms with E-state index in [1.54, 1.807) is 0 Å². The highest BCUT2D eigenvalue weighted by Gasteiger charge is 2.60. The minimum atomic E-state index is 0.329. The molecule has 0 radical (unpaired) electrons. The standard InChI is InChI=1S/C24H40O.C3H8/c1-5-6-17-11-13-23(3)18(15-17)7-8-19-21-10-9-20(16(2)25)24(21,4)14-12-22(19)23;1-3-2/h17-22H,5-15H2,1-4H3;3H2,1-2H3. The van der Waals surface area contributed by atoms with Crippen LogP contribution in [0, 0.1) is 46.3 Å². The van der Waals surface area contributed by atoms with Gasteiger partial charge in [-0.25, -0.2) is 0 Å². The second kappa shape index (κ2) is 8.81. The molecule has 0 amide bonds. The van der Waals surface area contributed by atoms with Crippen molar-refractivity contribution in [3.05, 3.63) is 0 Å². The van der Waals surface area contributed by atoms with Crippen LogP contribution in [0.1, 0.15) is 119 Å². The summed E-state index contributed by atoms with van der Waals surface area (Å²) in [6, 6.07) is 0. The molecule has 0 N–H and O–H groups in total. The van der Waals surface area contributed by atoms with Crippen LogP contribution in [0.5, 0.6) is 0 Å². The van der Waals surface area contributed by atoms with Gasteiger partial charge in [0.2, 0.25) is 0 Å². The van der Waals surface area contributed by atoms with Gasteiger partial charge in [0.15, 0.2) is 0 Å². The van der Waals surface area contributed by atoms with Crippen LogP contribution in [0.2, 0.25) is 0 Å². The van der Waals surface area contributed by atoms with Crippen LogP contribution in [0.25, 0.3) is 0 Å². The normalized spacial score (nSPS) is 47.2. The van der Waals surface area contributed by atoms with Gasteiger partial charge in [0.05, 0.1) is 0 Å². The highest BCUT2D eigenvalue weighted by molar-refractivity contribution is 5.79. The molecule has 8 atom stereocenters. The van der Waals surface area contributed by atoms with Gasteiger partial charge in [-0.05, 0) is 105 Å². The summed E-state index contributed by atoms with van der Waals surface area (Å²) in [6.07, 6.45) is 16.8. The molecule has 28 heavy (non-hydrogen) atoms. The van der Waals surface area contributed by atoms with Crippen LogP contribution < -0.4 is 0 Å². The summed E-state index contributed by atoms with van der Waals surface area (Å²) in [5.74, 6) is 5.57. The van der Waals surface area contributed by atoms with E-state index in [2.05, 4.69) is 34.6 Å². The summed E-state index contributed by atoms with van der Waals surface area (Å²) in [4.78, 5) is 12.3. The monoisotopic (exact) mass is 388 g/mol. The van der Waals surface area contributed by atoms with E-state index in [1.165, 1.54) is 77.0 Å². The van der Waals surface area contributed by atoms with Gasteiger partial charge in [0.25, 0.3) is 0 Å². The Kier molecular flexibility index (Phi) is 7.03. The highest BCUT2D eigenvalue weighted by Crippen LogP contribution is 2.67. The minimum Gasteiger partial charge on any atom is -0.300 e. The predicted molar refractivity (Wildman–Crippen MR) is 120 cm³/mol. The molecule has 0 saturated heterocycles. The Morgan fingerprint density at radius 1 is 0.857 bits per heavy atom. The lowest BCUT2D eigenvalue weighted by Gasteiger charge is -2.61. The van der Waals surface area contributed by atoms with E-state index in [4.69, 9.17) is 0 Å². The molecule has 0 aromatic carbocycles. The van der Waals surface area contributed by atoms with E-state index in [0.717, 1.165) is 29.6 Å². The van der Waals surface area contributed by atoms with Gasteiger partial charge in [-0.15, -0.1) is 0 Å². The first kappa shape index (κ1) is 22.4. The van der Waals surface area contributed by atoms with E-state index in [-0.39, 0.29) is 0 Å². The van der Waals surface area contributed by atoms with Crippen LogP contribution in [-0.2, 0) is 4.79 Å². The lowest BCUT2D eigenvalue weighted by Crippen LogP contribution is -2.53. The first-order valence-electron chi connectivity index (χ1n) is 12.8. The van der Waals surface area contributed by atoms with Crippen molar-refractivity contribution in [2.45, 2.75) is 119 Å². The summed E-state index contributed by atoms with van der Waals surface area (Å²) < 4.78 is 0. The molecule has 1 heteroatoms. The fourth-order valence-corrected chi connectivity index (χ4v) is 8.69. The molecule has 4 fully saturated rings. The third-order valence-corrected chi connectivity index (χ3v) is 9.96. The van der Waals surface area contributed by atoms with Crippen molar-refractivity contribution in [1.29, 1.82) is 0 Å². The molecule has 4 rings (SSSR count). The van der Waals surface area contributed by atoms with Crippen molar-refractivity contribution in [3.63, 3.8) is 0 Å². The average molecular weight is 389 g/mol. The maximum Gasteiger partial charge on any atom is 0.133 e. The van der Waals surface area contributed by atoms with Crippen LogP contribution >= 0.6 is 0 Å². The number of carbonyl (C=O) groups is 1. The van der Waals surface area contributed by atoms with E-state index in [1.807, 2.05) is 6.92 Å². The van der Waals surface area contributed by atoms with Gasteiger partial charge in [-0.2, -0.15) is 0 Å². The third kappa shape index (κ3) is 3.74. The number of rotatable bonds is 3. The number of Topliss-reactive ketones (excluding diaryl/α,β-unsaturated/α-hetero) is 1. The van der Waals surface area contributed by atoms with Crippen molar-refractivity contribution in [2.24, 2.45) is 46.3 Å². The van der Waals surface area contributed by atoms with Crippen LogP contribution in [0.3, 0.4) is 0 Å². The van der Waals surface area contributed by atoms with Gasteiger partial charge in [0, 0.05) is 5.92 Å². The van der Waals surface area contributed by atoms with E-state index in [0.29, 0.717) is 22.5 Å². The van der Waals surface area contributed by atoms with Gasteiger partial charge < -0.3 is 0 Å². The lowest BCUT2D eigenvalue weighted by atomic mass is 9.44. The first-order valence-corrected chi connectivity index (χ1v) is 12.8. The molecule has 0 aliphatic heterocycles. The van der Waals surface area contributed by atoms with Crippen LogP contribution in [0.15, 0.2) is 0 Å². The fraction of sp³-hybridized carbons (Fsp3) is 0.963. The first-order chi connectivity index (χ1) is 13.3. The fourth-order valence-electron chi connectivity index (χ4n) is 8.69. The number of hydrogen-bond donors (Lipinski definition) is 0. The Labute approximate surface area is 175 Å². The number of fused-ring (bicyclic) bond motifs is 5. The molecule has 1 nitrogen and oxygen atoms in total. The van der Waals surface area contributed by atoms with E-state index in [9.17, 15) is 4.79 Å². The summed E-state index contributed by atoms with van der Waals surface area (Å²) in [5, 5.41) is 0. The third-order valence-electron chi connectivity index (χ3n) is 9.96. The van der Waals surface area contributed by atoms with Crippen molar-refractivity contribution >= 4 is 5.78 Å². The molecule has 0 bridgehead atoms. The molecular formula is C27H48O. The molecule has 162 valence electrons. The SMILES string of the molecule is CCC.CCCC1CCC2(C)C(CCC3C2CCC2(C)C(C(C)=O)CCC32)C1. The summed E-state index contributed by atoms with van der Waals surface area (Å²) in [6.45, 7) is 13.6. The second-order valence-corrected chi connectivity index (χ2v) is 11.6. The second-order valence-electron chi connectivity index (χ2n) is 11.6. The van der Waals surface area contributed by atoms with Crippen LogP contribution in [-0.4, -0.2) is 5.78 Å². The maximum absolute atomic E-state index is 12.3. The molecular weight excluding hydrogens is 340 g/mol. The Hall–Kier alpha value is -0.330. The Morgan fingerprint density at radius 2 is 1.50 bits per heavy atom. The lowest BCUT2D eigenvalue weighted by molar-refractivity contribution is -0.135. The van der Waals surface area contributed by atoms with E-state index < -0.39 is 0 Å². The molecule has 0 heterocycles. The highest BCUT2D eigenvalue weighted by atomic mass is 16.1. The van der Waals surface area contributed by atoms with Gasteiger partial charge >= 0.3 is 0 Å². The van der Waals surface area contributed by atoms with Crippen molar-refractivity contribution in [2.75, 3.05) is 0 Å². The predicted octanol–water partition coefficient (Wildman–Crippen LogP) is 8.07. The van der Waals surface area contributed by atoms with Crippen molar-refractivity contribution < 1.29 is 4.79 Å². The van der Waals surface area contributed by atoms with Crippen molar-refractivity contribution in [1.82, 2.24) is 0 Å². The molecule has 0 aromatic heterocycles. The Morgan fingerprint density at radius 3 is 2.14 bits per heavy atom. The van der Waals surface area contributed by atoms with Gasteiger partial charge in [-0.3, -0.25) is 4.79 Å². The zero-order valence-corrected chi connectivity index (χ0v) is 19.9. The Balaban J connectivity index is 0.000000706. The molecule has 8 unspecified atom stereocenters. The minimum absolute atomic E-state index is 0.329. The number of carbonyl (C=O) groups excluding carboxylic acids is 1. The molecule has 0 spiro atoms. The molecule has 4 aliphatic rings. The Bertz CT molecular complexity index is 538. The molecule has 4 saturated carbocycles.